The maximum absolute atomic E-state index is 11.8. The molecule has 114 valence electrons. The van der Waals surface area contributed by atoms with Gasteiger partial charge < -0.3 is 10.2 Å². The lowest BCUT2D eigenvalue weighted by Crippen LogP contribution is -2.25. The van der Waals surface area contributed by atoms with Gasteiger partial charge in [0.1, 0.15) is 5.82 Å². The number of carbonyl (C=O) groups excluding carboxylic acids is 1. The van der Waals surface area contributed by atoms with Gasteiger partial charge in [-0.1, -0.05) is 36.4 Å². The number of benzene rings is 1. The highest BCUT2D eigenvalue weighted by atomic mass is 16.1. The van der Waals surface area contributed by atoms with Crippen LogP contribution in [0.25, 0.3) is 0 Å². The van der Waals surface area contributed by atoms with Crippen molar-refractivity contribution in [3.05, 3.63) is 72.4 Å². The van der Waals surface area contributed by atoms with Gasteiger partial charge in [0.15, 0.2) is 0 Å². The molecule has 2 aromatic rings. The Balaban J connectivity index is 2.07. The van der Waals surface area contributed by atoms with E-state index in [4.69, 9.17) is 0 Å². The number of pyridine rings is 1. The van der Waals surface area contributed by atoms with Gasteiger partial charge in [-0.3, -0.25) is 4.79 Å². The van der Waals surface area contributed by atoms with Crippen LogP contribution in [0.15, 0.2) is 61.3 Å². The lowest BCUT2D eigenvalue weighted by molar-refractivity contribution is 0.0957. The summed E-state index contributed by atoms with van der Waals surface area (Å²) in [5.74, 6) is 0.733. The molecule has 0 radical (unpaired) electrons. The Labute approximate surface area is 131 Å². The zero-order valence-corrected chi connectivity index (χ0v) is 12.8. The minimum Gasteiger partial charge on any atom is -0.353 e. The van der Waals surface area contributed by atoms with E-state index in [1.54, 1.807) is 18.3 Å². The van der Waals surface area contributed by atoms with Crippen LogP contribution in [0.2, 0.25) is 0 Å². The number of rotatable bonds is 7. The third kappa shape index (κ3) is 4.19. The van der Waals surface area contributed by atoms with E-state index in [0.717, 1.165) is 18.9 Å². The number of nitrogens with one attached hydrogen (secondary N) is 1. The van der Waals surface area contributed by atoms with Gasteiger partial charge in [0.05, 0.1) is 5.56 Å². The molecule has 0 aliphatic carbocycles. The average Bonchev–Trinajstić information content (AvgIpc) is 2.58. The van der Waals surface area contributed by atoms with E-state index in [-0.39, 0.29) is 5.91 Å². The zero-order chi connectivity index (χ0) is 15.8. The first-order valence-electron chi connectivity index (χ1n) is 7.38. The summed E-state index contributed by atoms with van der Waals surface area (Å²) in [6.07, 6.45) is 3.26. The van der Waals surface area contributed by atoms with E-state index in [1.807, 2.05) is 24.3 Å². The summed E-state index contributed by atoms with van der Waals surface area (Å²) in [7, 11) is 0. The van der Waals surface area contributed by atoms with Gasteiger partial charge in [-0.2, -0.15) is 0 Å². The van der Waals surface area contributed by atoms with E-state index in [2.05, 4.69) is 40.8 Å². The molecule has 1 aromatic heterocycles. The highest BCUT2D eigenvalue weighted by Gasteiger charge is 2.09. The van der Waals surface area contributed by atoms with Crippen LogP contribution in [-0.2, 0) is 6.54 Å². The summed E-state index contributed by atoms with van der Waals surface area (Å²) in [6.45, 7) is 7.77. The molecule has 1 heterocycles. The molecular formula is C18H21N3O. The number of nitrogens with zero attached hydrogens (tertiary/aromatic N) is 2. The lowest BCUT2D eigenvalue weighted by Gasteiger charge is -2.22. The molecule has 0 spiro atoms. The maximum atomic E-state index is 11.8. The van der Waals surface area contributed by atoms with Crippen LogP contribution >= 0.6 is 0 Å². The van der Waals surface area contributed by atoms with Gasteiger partial charge in [0.2, 0.25) is 0 Å². The molecule has 0 atom stereocenters. The highest BCUT2D eigenvalue weighted by molar-refractivity contribution is 5.94. The van der Waals surface area contributed by atoms with E-state index < -0.39 is 0 Å². The number of hydrogen-bond donors (Lipinski definition) is 1. The second-order valence-electron chi connectivity index (χ2n) is 4.90. The smallest absolute Gasteiger partial charge is 0.253 e. The summed E-state index contributed by atoms with van der Waals surface area (Å²) in [5, 5.41) is 2.74. The Kier molecular flexibility index (Phi) is 5.72. The second kappa shape index (κ2) is 7.98. The SMILES string of the molecule is C=CCNC(=O)c1ccc(N(CC)Cc2ccccc2)nc1. The van der Waals surface area contributed by atoms with E-state index in [9.17, 15) is 4.79 Å². The molecule has 0 aliphatic heterocycles. The first kappa shape index (κ1) is 15.8. The van der Waals surface area contributed by atoms with Crippen LogP contribution in [0.3, 0.4) is 0 Å². The van der Waals surface area contributed by atoms with Crippen molar-refractivity contribution in [1.82, 2.24) is 10.3 Å². The number of hydrogen-bond acceptors (Lipinski definition) is 3. The van der Waals surface area contributed by atoms with Gasteiger partial charge in [0.25, 0.3) is 5.91 Å². The van der Waals surface area contributed by atoms with E-state index in [1.165, 1.54) is 5.56 Å². The number of anilines is 1. The van der Waals surface area contributed by atoms with Crippen LogP contribution in [0.1, 0.15) is 22.8 Å². The minimum absolute atomic E-state index is 0.134. The third-order valence-electron chi connectivity index (χ3n) is 3.34. The molecule has 0 fully saturated rings. The normalized spacial score (nSPS) is 10.0. The molecule has 0 bridgehead atoms. The van der Waals surface area contributed by atoms with Gasteiger partial charge in [0, 0.05) is 25.8 Å². The Morgan fingerprint density at radius 2 is 2.05 bits per heavy atom. The molecule has 1 amide bonds. The molecule has 1 aromatic carbocycles. The molecule has 1 N–H and O–H groups in total. The van der Waals surface area contributed by atoms with Crippen molar-refractivity contribution in [2.75, 3.05) is 18.0 Å². The lowest BCUT2D eigenvalue weighted by atomic mass is 10.2. The van der Waals surface area contributed by atoms with Crippen molar-refractivity contribution in [2.45, 2.75) is 13.5 Å². The van der Waals surface area contributed by atoms with Crippen LogP contribution < -0.4 is 10.2 Å². The summed E-state index contributed by atoms with van der Waals surface area (Å²) < 4.78 is 0. The fourth-order valence-corrected chi connectivity index (χ4v) is 2.13. The first-order valence-corrected chi connectivity index (χ1v) is 7.38. The van der Waals surface area contributed by atoms with E-state index in [0.29, 0.717) is 12.1 Å². The minimum atomic E-state index is -0.134. The predicted octanol–water partition coefficient (Wildman–Crippen LogP) is 3.02. The standard InChI is InChI=1S/C18H21N3O/c1-3-12-19-18(22)16-10-11-17(20-13-16)21(4-2)14-15-8-6-5-7-9-15/h3,5-11,13H,1,4,12,14H2,2H3,(H,19,22). The fourth-order valence-electron chi connectivity index (χ4n) is 2.13. The average molecular weight is 295 g/mol. The molecule has 22 heavy (non-hydrogen) atoms. The predicted molar refractivity (Wildman–Crippen MR) is 89.9 cm³/mol. The quantitative estimate of drug-likeness (QED) is 0.799. The number of carbonyl (C=O) groups is 1. The highest BCUT2D eigenvalue weighted by Crippen LogP contribution is 2.14. The Bertz CT molecular complexity index is 608. The number of aromatic nitrogens is 1. The van der Waals surface area contributed by atoms with Gasteiger partial charge >= 0.3 is 0 Å². The second-order valence-corrected chi connectivity index (χ2v) is 4.90. The summed E-state index contributed by atoms with van der Waals surface area (Å²) in [4.78, 5) is 18.4. The van der Waals surface area contributed by atoms with Crippen LogP contribution in [0.4, 0.5) is 5.82 Å². The van der Waals surface area contributed by atoms with E-state index >= 15 is 0 Å². The Hall–Kier alpha value is -2.62. The molecule has 2 rings (SSSR count). The molecule has 4 nitrogen and oxygen atoms in total. The Morgan fingerprint density at radius 3 is 2.64 bits per heavy atom. The molecule has 4 heteroatoms. The van der Waals surface area contributed by atoms with Crippen molar-refractivity contribution in [1.29, 1.82) is 0 Å². The van der Waals surface area contributed by atoms with Crippen LogP contribution in [0, 0.1) is 0 Å². The maximum Gasteiger partial charge on any atom is 0.253 e. The third-order valence-corrected chi connectivity index (χ3v) is 3.34. The van der Waals surface area contributed by atoms with Gasteiger partial charge in [-0.25, -0.2) is 4.98 Å². The zero-order valence-electron chi connectivity index (χ0n) is 12.8. The van der Waals surface area contributed by atoms with Crippen molar-refractivity contribution in [2.24, 2.45) is 0 Å². The summed E-state index contributed by atoms with van der Waals surface area (Å²) >= 11 is 0. The van der Waals surface area contributed by atoms with Crippen molar-refractivity contribution in [3.63, 3.8) is 0 Å². The van der Waals surface area contributed by atoms with Crippen molar-refractivity contribution >= 4 is 11.7 Å². The van der Waals surface area contributed by atoms with Crippen molar-refractivity contribution in [3.8, 4) is 0 Å². The van der Waals surface area contributed by atoms with Gasteiger partial charge in [-0.15, -0.1) is 6.58 Å². The number of amides is 1. The Morgan fingerprint density at radius 1 is 1.27 bits per heavy atom. The first-order chi connectivity index (χ1) is 10.7. The molecular weight excluding hydrogens is 274 g/mol. The molecule has 0 unspecified atom stereocenters. The fraction of sp³-hybridized carbons (Fsp3) is 0.222. The van der Waals surface area contributed by atoms with Crippen molar-refractivity contribution < 1.29 is 4.79 Å². The molecule has 0 saturated carbocycles. The topological polar surface area (TPSA) is 45.2 Å². The largest absolute Gasteiger partial charge is 0.353 e. The summed E-state index contributed by atoms with van der Waals surface area (Å²) in [6, 6.07) is 13.9. The molecule has 0 aliphatic rings. The molecule has 0 saturated heterocycles. The van der Waals surface area contributed by atoms with Gasteiger partial charge in [-0.05, 0) is 24.6 Å². The monoisotopic (exact) mass is 295 g/mol. The summed E-state index contributed by atoms with van der Waals surface area (Å²) in [5.41, 5.74) is 1.79. The van der Waals surface area contributed by atoms with Crippen LogP contribution in [-0.4, -0.2) is 24.0 Å². The van der Waals surface area contributed by atoms with Crippen LogP contribution in [0.5, 0.6) is 0 Å².